The van der Waals surface area contributed by atoms with Gasteiger partial charge in [-0.25, -0.2) is 9.59 Å². The molecule has 1 atom stereocenters. The fourth-order valence-electron chi connectivity index (χ4n) is 7.20. The number of nitrogens with zero attached hydrogens (tertiary/aromatic N) is 2. The standard InChI is InChI=1S/C18H28N2O2.C12H18O4.C6H14N2.CH2O3.ClH.2K.H/c1-2-22-18(21)17-15-12-8-3-4-9-13-16(15)20(19-17)14-10-6-5-7-11-14;1-2-16-12(15)11(14)9-7-5-3-4-6-8-10(9)13;7-8-6-4-2-1-3-5-6;2-1-4-3;;;;/h14H,2-13H2,1H3;9H,2-8H2,1H3;6,8H,1-5,7H2;1,3H;1H;;;/q;;;;;2*+1;-1/p-1. The number of esters is 2. The number of ketones is 2. The van der Waals surface area contributed by atoms with Crippen molar-refractivity contribution in [3.63, 3.8) is 0 Å². The maximum atomic E-state index is 12.3. The van der Waals surface area contributed by atoms with Crippen molar-refractivity contribution >= 4 is 42.4 Å². The largest absolute Gasteiger partial charge is 1.00 e. The van der Waals surface area contributed by atoms with E-state index in [0.717, 1.165) is 44.9 Å². The summed E-state index contributed by atoms with van der Waals surface area (Å²) in [5.74, 6) is 2.66. The predicted molar refractivity (Wildman–Crippen MR) is 194 cm³/mol. The van der Waals surface area contributed by atoms with Crippen molar-refractivity contribution in [2.75, 3.05) is 13.2 Å². The molecule has 5 rings (SSSR count). The number of Topliss-reactive ketones (excluding diaryl/α,β-unsaturated/α-hetero) is 2. The summed E-state index contributed by atoms with van der Waals surface area (Å²) >= 11 is 0. The third-order valence-corrected chi connectivity index (χ3v) is 9.83. The Morgan fingerprint density at radius 3 is 1.83 bits per heavy atom. The van der Waals surface area contributed by atoms with E-state index in [-0.39, 0.29) is 141 Å². The number of hydrogen-bond donors (Lipinski definition) is 2. The average Bonchev–Trinajstić information content (AvgIpc) is 3.48. The Hall–Kier alpha value is 0.403. The van der Waals surface area contributed by atoms with Gasteiger partial charge in [0.1, 0.15) is 5.78 Å². The molecular weight excluding hydrogens is 758 g/mol. The monoisotopic (exact) mass is 820 g/mol. The molecular formula is C37H63ClK2N4O9. The number of halogens is 1. The van der Waals surface area contributed by atoms with Gasteiger partial charge in [-0.2, -0.15) is 5.10 Å². The molecule has 0 aliphatic heterocycles. The number of rotatable bonds is 8. The first kappa shape index (κ1) is 55.5. The normalized spacial score (nSPS) is 18.9. The van der Waals surface area contributed by atoms with Crippen LogP contribution in [-0.4, -0.2) is 59.0 Å². The van der Waals surface area contributed by atoms with E-state index in [1.54, 1.807) is 6.92 Å². The molecule has 3 saturated carbocycles. The molecule has 0 saturated heterocycles. The van der Waals surface area contributed by atoms with Crippen molar-refractivity contribution < 1.29 is 148 Å². The van der Waals surface area contributed by atoms with Gasteiger partial charge in [0.2, 0.25) is 5.78 Å². The van der Waals surface area contributed by atoms with Gasteiger partial charge in [-0.3, -0.25) is 30.3 Å². The number of aromatic nitrogens is 2. The van der Waals surface area contributed by atoms with Gasteiger partial charge in [-0.15, -0.1) is 12.4 Å². The Labute approximate surface area is 409 Å². The zero-order valence-electron chi connectivity index (χ0n) is 33.8. The molecule has 1 aromatic heterocycles. The van der Waals surface area contributed by atoms with E-state index in [1.165, 1.54) is 94.7 Å². The van der Waals surface area contributed by atoms with Gasteiger partial charge in [0.05, 0.1) is 25.2 Å². The summed E-state index contributed by atoms with van der Waals surface area (Å²) in [6.07, 6.45) is 24.6. The Bertz CT molecular complexity index is 1190. The number of ether oxygens (including phenoxy) is 2. The van der Waals surface area contributed by atoms with Gasteiger partial charge in [0, 0.05) is 23.7 Å². The van der Waals surface area contributed by atoms with Crippen LogP contribution in [0.1, 0.15) is 171 Å². The summed E-state index contributed by atoms with van der Waals surface area (Å²) < 4.78 is 12.1. The summed E-state index contributed by atoms with van der Waals surface area (Å²) in [6.45, 7) is 3.92. The van der Waals surface area contributed by atoms with E-state index in [0.29, 0.717) is 37.2 Å². The van der Waals surface area contributed by atoms with Gasteiger partial charge in [-0.1, -0.05) is 70.6 Å². The van der Waals surface area contributed by atoms with Crippen LogP contribution in [0.15, 0.2) is 0 Å². The molecule has 1 unspecified atom stereocenters. The average molecular weight is 822 g/mol. The van der Waals surface area contributed by atoms with E-state index < -0.39 is 17.7 Å². The first-order valence-electron chi connectivity index (χ1n) is 19.0. The van der Waals surface area contributed by atoms with Crippen LogP contribution in [-0.2, 0) is 46.4 Å². The Balaban J connectivity index is -0.000000717. The van der Waals surface area contributed by atoms with Crippen molar-refractivity contribution in [1.82, 2.24) is 15.2 Å². The molecule has 53 heavy (non-hydrogen) atoms. The zero-order valence-corrected chi connectivity index (χ0v) is 39.9. The van der Waals surface area contributed by atoms with Crippen LogP contribution in [0.4, 0.5) is 0 Å². The molecule has 3 fully saturated rings. The van der Waals surface area contributed by atoms with Gasteiger partial charge >= 0.3 is 115 Å². The van der Waals surface area contributed by atoms with Crippen LogP contribution >= 0.6 is 12.4 Å². The van der Waals surface area contributed by atoms with Crippen molar-refractivity contribution in [2.24, 2.45) is 11.8 Å². The van der Waals surface area contributed by atoms with E-state index in [4.69, 9.17) is 25.7 Å². The third-order valence-electron chi connectivity index (χ3n) is 9.83. The second-order valence-electron chi connectivity index (χ2n) is 13.4. The molecule has 3 N–H and O–H groups in total. The molecule has 0 aromatic carbocycles. The number of carbonyl (C=O) groups is 5. The van der Waals surface area contributed by atoms with E-state index in [9.17, 15) is 19.2 Å². The second-order valence-corrected chi connectivity index (χ2v) is 13.4. The molecule has 16 heteroatoms. The molecule has 13 nitrogen and oxygen atoms in total. The van der Waals surface area contributed by atoms with E-state index in [2.05, 4.69) is 19.7 Å². The topological polar surface area (TPSA) is 192 Å². The number of nitrogens with one attached hydrogen (secondary N) is 1. The third kappa shape index (κ3) is 21.1. The van der Waals surface area contributed by atoms with Crippen LogP contribution in [0.5, 0.6) is 0 Å². The molecule has 0 spiro atoms. The van der Waals surface area contributed by atoms with Crippen molar-refractivity contribution in [3.05, 3.63) is 17.0 Å². The minimum atomic E-state index is -0.860. The number of fused-ring (bicyclic) bond motifs is 1. The minimum Gasteiger partial charge on any atom is -1.00 e. The summed E-state index contributed by atoms with van der Waals surface area (Å²) in [6, 6.07) is 1.11. The van der Waals surface area contributed by atoms with Gasteiger partial charge in [-0.05, 0) is 78.1 Å². The summed E-state index contributed by atoms with van der Waals surface area (Å²) in [7, 11) is 0. The van der Waals surface area contributed by atoms with Crippen LogP contribution in [0.3, 0.4) is 0 Å². The molecule has 4 aliphatic carbocycles. The zero-order chi connectivity index (χ0) is 36.6. The van der Waals surface area contributed by atoms with Crippen LogP contribution in [0, 0.1) is 5.92 Å². The molecule has 1 heterocycles. The van der Waals surface area contributed by atoms with Crippen molar-refractivity contribution in [3.8, 4) is 0 Å². The molecule has 0 bridgehead atoms. The SMILES string of the molecule is CCOC(=O)C(=O)C1CCCCCCC1=O.CCOC(=O)c1nn(C2CCCCC2)c2c1CCCCCC2.Cl.NNC1CCCCC1.O=CO[O-].[H-].[K+].[K+]. The maximum absolute atomic E-state index is 12.3. The van der Waals surface area contributed by atoms with Crippen LogP contribution in [0.2, 0.25) is 0 Å². The number of carbonyl (C=O) groups excluding carboxylic acids is 5. The Kier molecular flexibility index (Phi) is 36.1. The first-order valence-corrected chi connectivity index (χ1v) is 19.0. The molecule has 4 aliphatic rings. The van der Waals surface area contributed by atoms with E-state index in [1.807, 2.05) is 6.92 Å². The summed E-state index contributed by atoms with van der Waals surface area (Å²) in [5.41, 5.74) is 5.92. The van der Waals surface area contributed by atoms with Crippen molar-refractivity contribution in [1.29, 1.82) is 0 Å². The second kappa shape index (κ2) is 34.4. The Morgan fingerprint density at radius 2 is 1.30 bits per heavy atom. The van der Waals surface area contributed by atoms with Gasteiger partial charge in [0.15, 0.2) is 5.69 Å². The molecule has 294 valence electrons. The van der Waals surface area contributed by atoms with Crippen LogP contribution < -0.4 is 119 Å². The maximum Gasteiger partial charge on any atom is 1.00 e. The Morgan fingerprint density at radius 1 is 0.811 bits per heavy atom. The number of hydrazine groups is 1. The van der Waals surface area contributed by atoms with E-state index >= 15 is 0 Å². The van der Waals surface area contributed by atoms with Crippen molar-refractivity contribution in [2.45, 2.75) is 167 Å². The number of hydrogen-bond acceptors (Lipinski definition) is 12. The smallest absolute Gasteiger partial charge is 1.00 e. The molecule has 0 amide bonds. The minimum absolute atomic E-state index is 0. The molecule has 0 radical (unpaired) electrons. The fourth-order valence-corrected chi connectivity index (χ4v) is 7.20. The van der Waals surface area contributed by atoms with Gasteiger partial charge in [0.25, 0.3) is 6.47 Å². The quantitative estimate of drug-likeness (QED) is 0.0507. The van der Waals surface area contributed by atoms with Gasteiger partial charge < -0.3 is 21.0 Å². The summed E-state index contributed by atoms with van der Waals surface area (Å²) in [5, 5.41) is 13.2. The van der Waals surface area contributed by atoms with Crippen LogP contribution in [0.25, 0.3) is 0 Å². The fraction of sp³-hybridized carbons (Fsp3) is 0.784. The summed E-state index contributed by atoms with van der Waals surface area (Å²) in [4.78, 5) is 58.2. The predicted octanol–water partition coefficient (Wildman–Crippen LogP) is -0.358. The first-order chi connectivity index (χ1) is 24.3. The number of nitrogens with two attached hydrogens (primary N) is 1. The molecule has 1 aromatic rings.